The lowest BCUT2D eigenvalue weighted by molar-refractivity contribution is -0.139. The minimum absolute atomic E-state index is 0.105. The van der Waals surface area contributed by atoms with Crippen molar-refractivity contribution in [3.8, 4) is 11.5 Å². The summed E-state index contributed by atoms with van der Waals surface area (Å²) in [6.45, 7) is 0. The van der Waals surface area contributed by atoms with Crippen molar-refractivity contribution in [2.45, 2.75) is 28.5 Å². The normalized spacial score (nSPS) is 35.3. The number of amides is 5. The third kappa shape index (κ3) is 2.82. The molecule has 10 nitrogen and oxygen atoms in total. The zero-order chi connectivity index (χ0) is 26.3. The van der Waals surface area contributed by atoms with Gasteiger partial charge < -0.3 is 14.6 Å². The summed E-state index contributed by atoms with van der Waals surface area (Å²) in [7, 11) is 3.73. The quantitative estimate of drug-likeness (QED) is 0.345. The molecule has 1 aromatic carbocycles. The van der Waals surface area contributed by atoms with Gasteiger partial charge in [0.25, 0.3) is 11.8 Å². The number of allylic oxidation sites excluding steroid dienone is 2. The van der Waals surface area contributed by atoms with Crippen LogP contribution in [0.2, 0.25) is 0 Å². The van der Waals surface area contributed by atoms with Gasteiger partial charge in [0.2, 0.25) is 11.8 Å². The van der Waals surface area contributed by atoms with E-state index < -0.39 is 63.1 Å². The van der Waals surface area contributed by atoms with Crippen molar-refractivity contribution in [1.29, 1.82) is 0 Å². The van der Waals surface area contributed by atoms with Gasteiger partial charge in [-0.2, -0.15) is 4.90 Å². The maximum absolute atomic E-state index is 13.5. The van der Waals surface area contributed by atoms with Crippen LogP contribution in [0.15, 0.2) is 29.8 Å². The second-order valence-electron chi connectivity index (χ2n) is 9.41. The fraction of sp³-hybridized carbons (Fsp3) is 0.458. The van der Waals surface area contributed by atoms with Crippen LogP contribution in [0.3, 0.4) is 0 Å². The standard InChI is InChI=1S/C24H22Cl2N2O8/c1-27-20(32)23(25)9-13-11(5-6-12-16(13)19(31)28(18(12)30)22(34)36-3)17(24(23,26)21(27)33)10-4-7-15(35-2)14(29)8-10/h4-5,7-8,12-13,16-17,29H,6,9H2,1-3H3/t12-,13+,16-,17-,23+,24-/m0/s1. The summed E-state index contributed by atoms with van der Waals surface area (Å²) in [6.07, 6.45) is 0.535. The molecule has 0 unspecified atom stereocenters. The van der Waals surface area contributed by atoms with E-state index in [4.69, 9.17) is 27.9 Å². The van der Waals surface area contributed by atoms with E-state index in [0.29, 0.717) is 16.0 Å². The smallest absolute Gasteiger partial charge is 0.423 e. The summed E-state index contributed by atoms with van der Waals surface area (Å²) in [4.78, 5) is 62.7. The van der Waals surface area contributed by atoms with Gasteiger partial charge >= 0.3 is 6.09 Å². The molecule has 36 heavy (non-hydrogen) atoms. The van der Waals surface area contributed by atoms with Crippen LogP contribution in [0.4, 0.5) is 4.79 Å². The van der Waals surface area contributed by atoms with Crippen LogP contribution in [-0.4, -0.2) is 75.6 Å². The molecule has 0 aromatic heterocycles. The third-order valence-corrected chi connectivity index (χ3v) is 9.32. The highest BCUT2D eigenvalue weighted by Gasteiger charge is 2.76. The number of nitrogens with zero attached hydrogens (tertiary/aromatic N) is 2. The molecule has 12 heteroatoms. The van der Waals surface area contributed by atoms with Gasteiger partial charge in [0.1, 0.15) is 0 Å². The summed E-state index contributed by atoms with van der Waals surface area (Å²) in [6, 6.07) is 4.46. The minimum Gasteiger partial charge on any atom is -0.504 e. The monoisotopic (exact) mass is 536 g/mol. The molecule has 6 atom stereocenters. The van der Waals surface area contributed by atoms with Crippen molar-refractivity contribution in [3.05, 3.63) is 35.4 Å². The number of benzene rings is 1. The van der Waals surface area contributed by atoms with Crippen LogP contribution in [0, 0.1) is 17.8 Å². The molecule has 5 amide bonds. The number of hydrogen-bond donors (Lipinski definition) is 1. The van der Waals surface area contributed by atoms with E-state index in [2.05, 4.69) is 4.74 Å². The van der Waals surface area contributed by atoms with Gasteiger partial charge in [-0.1, -0.05) is 17.7 Å². The second-order valence-corrected chi connectivity index (χ2v) is 10.7. The number of likely N-dealkylation sites (tertiary alicyclic amines) is 2. The third-order valence-electron chi connectivity index (χ3n) is 7.91. The number of phenols is 1. The minimum atomic E-state index is -1.97. The first-order chi connectivity index (χ1) is 16.9. The number of fused-ring (bicyclic) bond motifs is 4. The van der Waals surface area contributed by atoms with Crippen LogP contribution < -0.4 is 4.74 Å². The number of ether oxygens (including phenoxy) is 2. The predicted octanol–water partition coefficient (Wildman–Crippen LogP) is 2.16. The highest BCUT2D eigenvalue weighted by Crippen LogP contribution is 2.65. The van der Waals surface area contributed by atoms with Crippen molar-refractivity contribution < 1.29 is 38.6 Å². The van der Waals surface area contributed by atoms with Crippen LogP contribution in [0.1, 0.15) is 24.3 Å². The van der Waals surface area contributed by atoms with Gasteiger partial charge in [-0.25, -0.2) is 4.79 Å². The van der Waals surface area contributed by atoms with E-state index in [9.17, 15) is 29.1 Å². The summed E-state index contributed by atoms with van der Waals surface area (Å²) < 4.78 is 9.75. The maximum atomic E-state index is 13.5. The van der Waals surface area contributed by atoms with Crippen LogP contribution in [-0.2, 0) is 23.9 Å². The first-order valence-electron chi connectivity index (χ1n) is 11.2. The molecule has 190 valence electrons. The molecule has 2 aliphatic carbocycles. The number of hydrogen-bond acceptors (Lipinski definition) is 8. The van der Waals surface area contributed by atoms with Gasteiger partial charge in [-0.05, 0) is 36.5 Å². The maximum Gasteiger partial charge on any atom is 0.423 e. The average molecular weight is 537 g/mol. The number of rotatable bonds is 2. The fourth-order valence-corrected chi connectivity index (χ4v) is 7.30. The Hall–Kier alpha value is -3.11. The Kier molecular flexibility index (Phi) is 5.42. The SMILES string of the molecule is COC(=O)N1C(=O)[C@H]2[C@H](CC=C3[C@H]2C[C@@]2(Cl)C(=O)N(C)C(=O)[C@@]2(Cl)[C@H]3c2ccc(OC)c(O)c2)C1=O. The molecule has 2 heterocycles. The fourth-order valence-electron chi connectivity index (χ4n) is 6.28. The first kappa shape index (κ1) is 24.6. The molecule has 3 fully saturated rings. The molecule has 1 aromatic rings. The number of halogens is 2. The van der Waals surface area contributed by atoms with Crippen molar-refractivity contribution in [3.63, 3.8) is 0 Å². The van der Waals surface area contributed by atoms with E-state index in [0.717, 1.165) is 12.0 Å². The van der Waals surface area contributed by atoms with Crippen LogP contribution in [0.5, 0.6) is 11.5 Å². The number of aromatic hydroxyl groups is 1. The van der Waals surface area contributed by atoms with Gasteiger partial charge in [-0.3, -0.25) is 24.1 Å². The molecule has 1 saturated carbocycles. The molecular formula is C24H22Cl2N2O8. The van der Waals surface area contributed by atoms with Crippen molar-refractivity contribution in [2.75, 3.05) is 21.3 Å². The lowest BCUT2D eigenvalue weighted by Gasteiger charge is -2.50. The van der Waals surface area contributed by atoms with Crippen LogP contribution in [0.25, 0.3) is 0 Å². The highest BCUT2D eigenvalue weighted by molar-refractivity contribution is 6.53. The topological polar surface area (TPSA) is 131 Å². The number of phenolic OH excluding ortho intramolecular Hbond substituents is 1. The summed E-state index contributed by atoms with van der Waals surface area (Å²) in [5, 5.41) is 10.5. The molecule has 2 aliphatic heterocycles. The van der Waals surface area contributed by atoms with Crippen molar-refractivity contribution in [1.82, 2.24) is 9.80 Å². The van der Waals surface area contributed by atoms with Gasteiger partial charge in [0.15, 0.2) is 21.2 Å². The van der Waals surface area contributed by atoms with Gasteiger partial charge in [0.05, 0.1) is 26.1 Å². The summed E-state index contributed by atoms with van der Waals surface area (Å²) >= 11 is 14.0. The molecule has 0 radical (unpaired) electrons. The number of imide groups is 4. The van der Waals surface area contributed by atoms with E-state index in [1.165, 1.54) is 26.3 Å². The Bertz CT molecular complexity index is 1280. The first-order valence-corrected chi connectivity index (χ1v) is 11.9. The Balaban J connectivity index is 1.71. The Morgan fingerprint density at radius 3 is 2.39 bits per heavy atom. The molecular weight excluding hydrogens is 515 g/mol. The zero-order valence-electron chi connectivity index (χ0n) is 19.5. The van der Waals surface area contributed by atoms with Crippen LogP contribution >= 0.6 is 23.2 Å². The van der Waals surface area contributed by atoms with Gasteiger partial charge in [0, 0.05) is 13.0 Å². The predicted molar refractivity (Wildman–Crippen MR) is 124 cm³/mol. The second kappa shape index (κ2) is 7.94. The summed E-state index contributed by atoms with van der Waals surface area (Å²) in [5.41, 5.74) is 0.914. The van der Waals surface area contributed by atoms with E-state index in [-0.39, 0.29) is 24.3 Å². The average Bonchev–Trinajstić information content (AvgIpc) is 3.18. The van der Waals surface area contributed by atoms with Crippen molar-refractivity contribution in [2.24, 2.45) is 17.8 Å². The number of carbonyl (C=O) groups is 5. The Labute approximate surface area is 215 Å². The van der Waals surface area contributed by atoms with Crippen molar-refractivity contribution >= 4 is 52.9 Å². The molecule has 2 saturated heterocycles. The molecule has 0 spiro atoms. The zero-order valence-corrected chi connectivity index (χ0v) is 21.0. The lowest BCUT2D eigenvalue weighted by Crippen LogP contribution is -2.60. The lowest BCUT2D eigenvalue weighted by atomic mass is 9.56. The highest BCUT2D eigenvalue weighted by atomic mass is 35.5. The molecule has 1 N–H and O–H groups in total. The molecule has 4 aliphatic rings. The molecule has 5 rings (SSSR count). The van der Waals surface area contributed by atoms with E-state index >= 15 is 0 Å². The Morgan fingerprint density at radius 1 is 1.08 bits per heavy atom. The summed E-state index contributed by atoms with van der Waals surface area (Å²) in [5.74, 6) is -6.59. The van der Waals surface area contributed by atoms with E-state index in [1.807, 2.05) is 0 Å². The van der Waals surface area contributed by atoms with Gasteiger partial charge in [-0.15, -0.1) is 23.2 Å². The van der Waals surface area contributed by atoms with E-state index in [1.54, 1.807) is 12.1 Å². The number of methoxy groups -OCH3 is 2. The number of carbonyl (C=O) groups excluding carboxylic acids is 5. The Morgan fingerprint density at radius 2 is 1.78 bits per heavy atom. The molecule has 0 bridgehead atoms. The number of alkyl halides is 2. The largest absolute Gasteiger partial charge is 0.504 e.